The van der Waals surface area contributed by atoms with E-state index < -0.39 is 0 Å². The van der Waals surface area contributed by atoms with Crippen LogP contribution in [0.5, 0.6) is 0 Å². The van der Waals surface area contributed by atoms with Crippen molar-refractivity contribution in [2.75, 3.05) is 13.1 Å². The topological polar surface area (TPSA) is 18.9 Å². The Morgan fingerprint density at radius 3 is 1.50 bits per heavy atom. The van der Waals surface area contributed by atoms with Crippen molar-refractivity contribution in [2.24, 2.45) is 0 Å². The van der Waals surface area contributed by atoms with Crippen LogP contribution in [0.4, 0.5) is 0 Å². The number of nitrogens with zero attached hydrogens (tertiary/aromatic N) is 3. The first-order chi connectivity index (χ1) is 13.7. The van der Waals surface area contributed by atoms with Crippen molar-refractivity contribution >= 4 is 0 Å². The number of rotatable bonds is 6. The van der Waals surface area contributed by atoms with E-state index in [2.05, 4.69) is 103 Å². The summed E-state index contributed by atoms with van der Waals surface area (Å²) in [5.41, 5.74) is 5.18. The fraction of sp³-hybridized carbons (Fsp3) is 0.320. The Bertz CT molecular complexity index is 866. The van der Waals surface area contributed by atoms with Gasteiger partial charge in [-0.1, -0.05) is 66.7 Å². The molecule has 3 heterocycles. The van der Waals surface area contributed by atoms with E-state index in [1.165, 1.54) is 22.5 Å². The van der Waals surface area contributed by atoms with Gasteiger partial charge < -0.3 is 0 Å². The average Bonchev–Trinajstić information content (AvgIpc) is 3.68. The van der Waals surface area contributed by atoms with E-state index in [0.29, 0.717) is 24.2 Å². The number of hydrogen-bond donors (Lipinski definition) is 0. The zero-order valence-electron chi connectivity index (χ0n) is 16.6. The third-order valence-corrected chi connectivity index (χ3v) is 6.31. The van der Waals surface area contributed by atoms with Crippen LogP contribution in [0, 0.1) is 0 Å². The molecule has 0 radical (unpaired) electrons. The van der Waals surface area contributed by atoms with Gasteiger partial charge in [0.25, 0.3) is 0 Å². The molecule has 2 saturated heterocycles. The third kappa shape index (κ3) is 3.36. The molecule has 3 aromatic rings. The van der Waals surface area contributed by atoms with Gasteiger partial charge in [0, 0.05) is 37.3 Å². The van der Waals surface area contributed by atoms with Gasteiger partial charge in [0.05, 0.1) is 11.4 Å². The van der Waals surface area contributed by atoms with E-state index in [9.17, 15) is 0 Å². The second kappa shape index (κ2) is 7.16. The van der Waals surface area contributed by atoms with Gasteiger partial charge in [-0.2, -0.15) is 0 Å². The molecule has 0 aliphatic carbocycles. The molecule has 142 valence electrons. The highest BCUT2D eigenvalue weighted by Crippen LogP contribution is 2.44. The third-order valence-electron chi connectivity index (χ3n) is 6.31. The molecule has 0 spiro atoms. The maximum absolute atomic E-state index is 5.07. The van der Waals surface area contributed by atoms with E-state index in [1.54, 1.807) is 0 Å². The molecule has 28 heavy (non-hydrogen) atoms. The van der Waals surface area contributed by atoms with E-state index in [0.717, 1.165) is 13.1 Å². The van der Waals surface area contributed by atoms with Crippen molar-refractivity contribution in [2.45, 2.75) is 38.0 Å². The molecular formula is C25H27N3. The smallest absolute Gasteiger partial charge is 0.0576 e. The van der Waals surface area contributed by atoms with Crippen LogP contribution >= 0.6 is 0 Å². The van der Waals surface area contributed by atoms with Crippen molar-refractivity contribution in [3.63, 3.8) is 0 Å². The summed E-state index contributed by atoms with van der Waals surface area (Å²) in [6.07, 6.45) is 0. The zero-order valence-corrected chi connectivity index (χ0v) is 16.6. The molecule has 2 aliphatic heterocycles. The summed E-state index contributed by atoms with van der Waals surface area (Å²) in [7, 11) is 0. The van der Waals surface area contributed by atoms with Crippen molar-refractivity contribution in [3.05, 3.63) is 101 Å². The summed E-state index contributed by atoms with van der Waals surface area (Å²) in [6.45, 7) is 6.80. The molecule has 2 aliphatic rings. The largest absolute Gasteiger partial charge is 0.285 e. The number of aromatic nitrogens is 1. The molecule has 0 amide bonds. The maximum atomic E-state index is 5.07. The Kier molecular flexibility index (Phi) is 4.50. The van der Waals surface area contributed by atoms with Crippen LogP contribution in [-0.2, 0) is 0 Å². The highest BCUT2D eigenvalue weighted by atomic mass is 15.3. The predicted molar refractivity (Wildman–Crippen MR) is 113 cm³/mol. The number of hydrogen-bond acceptors (Lipinski definition) is 3. The first-order valence-corrected chi connectivity index (χ1v) is 10.3. The fourth-order valence-electron chi connectivity index (χ4n) is 4.38. The van der Waals surface area contributed by atoms with Gasteiger partial charge in [0.1, 0.15) is 0 Å². The Balaban J connectivity index is 1.28. The minimum atomic E-state index is 0.344. The molecule has 0 bridgehead atoms. The molecule has 2 fully saturated rings. The van der Waals surface area contributed by atoms with Crippen molar-refractivity contribution in [1.82, 2.24) is 14.8 Å². The molecule has 6 atom stereocenters. The van der Waals surface area contributed by atoms with E-state index in [-0.39, 0.29) is 0 Å². The Morgan fingerprint density at radius 2 is 1.07 bits per heavy atom. The summed E-state index contributed by atoms with van der Waals surface area (Å²) in [5.74, 6) is 0. The quantitative estimate of drug-likeness (QED) is 0.548. The lowest BCUT2D eigenvalue weighted by molar-refractivity contribution is 0.384. The summed E-state index contributed by atoms with van der Waals surface area (Å²) in [4.78, 5) is 10.1. The summed E-state index contributed by atoms with van der Waals surface area (Å²) >= 11 is 0. The SMILES string of the molecule is C[C@@H](c1cccc([C@H](C)N2C[C@@H]2c2ccccc2)n1)N1C[C@@H]1c1ccccc1. The Hall–Kier alpha value is -2.49. The molecule has 1 aromatic heterocycles. The lowest BCUT2D eigenvalue weighted by Gasteiger charge is -2.18. The predicted octanol–water partition coefficient (Wildman–Crippen LogP) is 5.32. The minimum Gasteiger partial charge on any atom is -0.285 e. The van der Waals surface area contributed by atoms with Crippen LogP contribution < -0.4 is 0 Å². The lowest BCUT2D eigenvalue weighted by Crippen LogP contribution is -2.13. The van der Waals surface area contributed by atoms with E-state index in [1.807, 2.05) is 0 Å². The van der Waals surface area contributed by atoms with Gasteiger partial charge in [0.2, 0.25) is 0 Å². The van der Waals surface area contributed by atoms with Gasteiger partial charge >= 0.3 is 0 Å². The second-order valence-electron chi connectivity index (χ2n) is 8.09. The van der Waals surface area contributed by atoms with Gasteiger partial charge in [0.15, 0.2) is 0 Å². The van der Waals surface area contributed by atoms with Crippen LogP contribution in [0.25, 0.3) is 0 Å². The molecule has 2 unspecified atom stereocenters. The highest BCUT2D eigenvalue weighted by molar-refractivity contribution is 5.28. The van der Waals surface area contributed by atoms with Gasteiger partial charge in [-0.05, 0) is 37.1 Å². The monoisotopic (exact) mass is 369 g/mol. The highest BCUT2D eigenvalue weighted by Gasteiger charge is 2.41. The first-order valence-electron chi connectivity index (χ1n) is 10.3. The summed E-state index contributed by atoms with van der Waals surface area (Å²) in [5, 5.41) is 0. The molecule has 0 N–H and O–H groups in total. The van der Waals surface area contributed by atoms with E-state index >= 15 is 0 Å². The van der Waals surface area contributed by atoms with Crippen LogP contribution in [0.15, 0.2) is 78.9 Å². The van der Waals surface area contributed by atoms with Crippen molar-refractivity contribution in [1.29, 1.82) is 0 Å². The molecular weight excluding hydrogens is 342 g/mol. The van der Waals surface area contributed by atoms with Crippen molar-refractivity contribution in [3.8, 4) is 0 Å². The standard InChI is InChI=1S/C25H27N3/c1-18(27-16-24(27)20-10-5-3-6-11-20)22-14-9-15-23(26-22)19(2)28-17-25(28)21-12-7-4-8-13-21/h3-15,18-19,24-25H,16-17H2,1-2H3/t18-,19-,24+,25+,27?,28?/m0/s1. The normalized spacial score (nSPS) is 27.8. The zero-order chi connectivity index (χ0) is 19.1. The summed E-state index contributed by atoms with van der Waals surface area (Å²) < 4.78 is 0. The fourth-order valence-corrected chi connectivity index (χ4v) is 4.38. The van der Waals surface area contributed by atoms with Crippen LogP contribution in [-0.4, -0.2) is 27.9 Å². The van der Waals surface area contributed by atoms with Crippen molar-refractivity contribution < 1.29 is 0 Å². The Labute approximate surface area is 167 Å². The van der Waals surface area contributed by atoms with Gasteiger partial charge in [-0.15, -0.1) is 0 Å². The first kappa shape index (κ1) is 17.6. The van der Waals surface area contributed by atoms with Gasteiger partial charge in [-0.3, -0.25) is 14.8 Å². The van der Waals surface area contributed by atoms with Crippen LogP contribution in [0.3, 0.4) is 0 Å². The lowest BCUT2D eigenvalue weighted by atomic mass is 10.1. The minimum absolute atomic E-state index is 0.344. The Morgan fingerprint density at radius 1 is 0.643 bits per heavy atom. The molecule has 2 aromatic carbocycles. The van der Waals surface area contributed by atoms with Gasteiger partial charge in [-0.25, -0.2) is 0 Å². The second-order valence-corrected chi connectivity index (χ2v) is 8.09. The van der Waals surface area contributed by atoms with Crippen LogP contribution in [0.2, 0.25) is 0 Å². The molecule has 0 saturated carbocycles. The summed E-state index contributed by atoms with van der Waals surface area (Å²) in [6, 6.07) is 29.9. The molecule has 5 rings (SSSR count). The van der Waals surface area contributed by atoms with Crippen LogP contribution in [0.1, 0.15) is 60.5 Å². The molecule has 3 nitrogen and oxygen atoms in total. The molecule has 3 heteroatoms. The maximum Gasteiger partial charge on any atom is 0.0576 e. The number of pyridine rings is 1. The average molecular weight is 370 g/mol. The van der Waals surface area contributed by atoms with E-state index in [4.69, 9.17) is 4.98 Å². The number of benzene rings is 2.